The van der Waals surface area contributed by atoms with E-state index in [9.17, 15) is 14.9 Å². The van der Waals surface area contributed by atoms with Gasteiger partial charge in [-0.15, -0.1) is 11.8 Å². The van der Waals surface area contributed by atoms with Gasteiger partial charge in [0.25, 0.3) is 11.6 Å². The van der Waals surface area contributed by atoms with Gasteiger partial charge < -0.3 is 5.32 Å². The minimum atomic E-state index is -0.555. The highest BCUT2D eigenvalue weighted by Gasteiger charge is 2.21. The Morgan fingerprint density at radius 1 is 1.31 bits per heavy atom. The first-order valence-corrected chi connectivity index (χ1v) is 8.85. The molecule has 0 spiro atoms. The molecule has 0 radical (unpaired) electrons. The molecule has 0 saturated heterocycles. The largest absolute Gasteiger partial charge is 0.321 e. The molecular formula is C17H15N5O3S. The number of amides is 1. The monoisotopic (exact) mass is 369 g/mol. The molecule has 0 aliphatic heterocycles. The Kier molecular flexibility index (Phi) is 5.28. The summed E-state index contributed by atoms with van der Waals surface area (Å²) in [6, 6.07) is 11.7. The van der Waals surface area contributed by atoms with Crippen molar-refractivity contribution in [2.45, 2.75) is 11.4 Å². The summed E-state index contributed by atoms with van der Waals surface area (Å²) in [5, 5.41) is 18.1. The fourth-order valence-electron chi connectivity index (χ4n) is 2.44. The molecule has 3 rings (SSSR count). The van der Waals surface area contributed by atoms with E-state index in [0.29, 0.717) is 12.2 Å². The molecule has 9 heteroatoms. The molecule has 0 unspecified atom stereocenters. The summed E-state index contributed by atoms with van der Waals surface area (Å²) in [7, 11) is 0. The van der Waals surface area contributed by atoms with Crippen molar-refractivity contribution < 1.29 is 9.72 Å². The number of hydrogen-bond acceptors (Lipinski definition) is 6. The number of carbonyl (C=O) groups excluding carboxylic acids is 1. The SMILES string of the molecule is CSc1ccc([N+](=O)[O-])c(C(=O)Nc2ccccc2Cn2cncn2)c1. The average molecular weight is 369 g/mol. The number of thioether (sulfide) groups is 1. The quantitative estimate of drug-likeness (QED) is 0.406. The van der Waals surface area contributed by atoms with Gasteiger partial charge in [0.2, 0.25) is 0 Å². The van der Waals surface area contributed by atoms with Crippen molar-refractivity contribution in [1.82, 2.24) is 14.8 Å². The van der Waals surface area contributed by atoms with Crippen LogP contribution >= 0.6 is 11.8 Å². The highest BCUT2D eigenvalue weighted by atomic mass is 32.2. The zero-order chi connectivity index (χ0) is 18.5. The van der Waals surface area contributed by atoms with E-state index in [2.05, 4.69) is 15.4 Å². The van der Waals surface area contributed by atoms with Gasteiger partial charge in [-0.2, -0.15) is 5.10 Å². The first-order chi connectivity index (χ1) is 12.6. The topological polar surface area (TPSA) is 103 Å². The normalized spacial score (nSPS) is 10.5. The van der Waals surface area contributed by atoms with E-state index in [1.807, 2.05) is 18.4 Å². The number of nitrogens with one attached hydrogen (secondary N) is 1. The van der Waals surface area contributed by atoms with Crippen molar-refractivity contribution in [1.29, 1.82) is 0 Å². The molecule has 1 amide bonds. The van der Waals surface area contributed by atoms with Gasteiger partial charge in [0.15, 0.2) is 0 Å². The van der Waals surface area contributed by atoms with Gasteiger partial charge in [0, 0.05) is 16.6 Å². The van der Waals surface area contributed by atoms with Crippen LogP contribution in [0.3, 0.4) is 0 Å². The smallest absolute Gasteiger partial charge is 0.282 e. The number of rotatable bonds is 6. The number of anilines is 1. The summed E-state index contributed by atoms with van der Waals surface area (Å²) < 4.78 is 1.63. The third-order valence-electron chi connectivity index (χ3n) is 3.71. The molecule has 0 atom stereocenters. The predicted octanol–water partition coefficient (Wildman–Crippen LogP) is 3.21. The summed E-state index contributed by atoms with van der Waals surface area (Å²) in [6.45, 7) is 0.420. The van der Waals surface area contributed by atoms with Gasteiger partial charge in [0.1, 0.15) is 18.2 Å². The fraction of sp³-hybridized carbons (Fsp3) is 0.118. The maximum atomic E-state index is 12.7. The van der Waals surface area contributed by atoms with Gasteiger partial charge >= 0.3 is 0 Å². The Morgan fingerprint density at radius 2 is 2.12 bits per heavy atom. The summed E-state index contributed by atoms with van der Waals surface area (Å²) in [5.74, 6) is -0.529. The lowest BCUT2D eigenvalue weighted by molar-refractivity contribution is -0.385. The zero-order valence-corrected chi connectivity index (χ0v) is 14.6. The lowest BCUT2D eigenvalue weighted by Gasteiger charge is -2.11. The molecule has 3 aromatic rings. The van der Waals surface area contributed by atoms with Crippen LogP contribution in [0.2, 0.25) is 0 Å². The first-order valence-electron chi connectivity index (χ1n) is 7.62. The molecule has 1 aromatic heterocycles. The van der Waals surface area contributed by atoms with Crippen LogP contribution in [0.15, 0.2) is 60.0 Å². The van der Waals surface area contributed by atoms with Crippen molar-refractivity contribution in [3.05, 3.63) is 76.4 Å². The molecule has 2 aromatic carbocycles. The van der Waals surface area contributed by atoms with E-state index in [1.54, 1.807) is 29.2 Å². The van der Waals surface area contributed by atoms with Gasteiger partial charge in [0.05, 0.1) is 11.5 Å². The minimum absolute atomic E-state index is 0.0254. The second-order valence-corrected chi connectivity index (χ2v) is 6.22. The summed E-state index contributed by atoms with van der Waals surface area (Å²) in [4.78, 5) is 28.1. The summed E-state index contributed by atoms with van der Waals surface area (Å²) in [5.41, 5.74) is 1.18. The predicted molar refractivity (Wildman–Crippen MR) is 98.4 cm³/mol. The van der Waals surface area contributed by atoms with Crippen molar-refractivity contribution in [2.24, 2.45) is 0 Å². The number of hydrogen-bond donors (Lipinski definition) is 1. The number of nitro groups is 1. The Balaban J connectivity index is 1.90. The van der Waals surface area contributed by atoms with E-state index in [-0.39, 0.29) is 11.3 Å². The molecule has 132 valence electrons. The molecule has 0 aliphatic carbocycles. The molecule has 0 saturated carbocycles. The van der Waals surface area contributed by atoms with Gasteiger partial charge in [-0.05, 0) is 30.0 Å². The van der Waals surface area contributed by atoms with Crippen LogP contribution < -0.4 is 5.32 Å². The van der Waals surface area contributed by atoms with E-state index < -0.39 is 10.8 Å². The Bertz CT molecular complexity index is 943. The van der Waals surface area contributed by atoms with Gasteiger partial charge in [-0.25, -0.2) is 9.67 Å². The van der Waals surface area contributed by atoms with Crippen LogP contribution in [0.4, 0.5) is 11.4 Å². The van der Waals surface area contributed by atoms with Crippen LogP contribution in [0.5, 0.6) is 0 Å². The van der Waals surface area contributed by atoms with Crippen LogP contribution in [0.25, 0.3) is 0 Å². The zero-order valence-electron chi connectivity index (χ0n) is 13.8. The number of benzene rings is 2. The second kappa shape index (κ2) is 7.79. The molecule has 1 heterocycles. The van der Waals surface area contributed by atoms with Gasteiger partial charge in [-0.1, -0.05) is 18.2 Å². The average Bonchev–Trinajstić information content (AvgIpc) is 3.15. The van der Waals surface area contributed by atoms with Crippen LogP contribution in [-0.2, 0) is 6.54 Å². The van der Waals surface area contributed by atoms with Crippen molar-refractivity contribution in [3.8, 4) is 0 Å². The van der Waals surface area contributed by atoms with E-state index in [0.717, 1.165) is 10.5 Å². The Labute approximate surface area is 153 Å². The highest BCUT2D eigenvalue weighted by molar-refractivity contribution is 7.98. The summed E-state index contributed by atoms with van der Waals surface area (Å²) in [6.07, 6.45) is 4.85. The standard InChI is InChI=1S/C17H15N5O3S/c1-26-13-6-7-16(22(24)25)14(8-13)17(23)20-15-5-3-2-4-12(15)9-21-11-18-10-19-21/h2-8,10-11H,9H2,1H3,(H,20,23). The third kappa shape index (κ3) is 3.89. The second-order valence-electron chi connectivity index (χ2n) is 5.34. The lowest BCUT2D eigenvalue weighted by atomic mass is 10.1. The molecule has 1 N–H and O–H groups in total. The molecule has 8 nitrogen and oxygen atoms in total. The molecule has 0 aliphatic rings. The van der Waals surface area contributed by atoms with E-state index in [4.69, 9.17) is 0 Å². The lowest BCUT2D eigenvalue weighted by Crippen LogP contribution is -2.16. The molecular weight excluding hydrogens is 354 g/mol. The first kappa shape index (κ1) is 17.6. The number of nitrogens with zero attached hydrogens (tertiary/aromatic N) is 4. The van der Waals surface area contributed by atoms with E-state index >= 15 is 0 Å². The van der Waals surface area contributed by atoms with Crippen LogP contribution in [0.1, 0.15) is 15.9 Å². The van der Waals surface area contributed by atoms with Crippen molar-refractivity contribution in [3.63, 3.8) is 0 Å². The number of para-hydroxylation sites is 1. The van der Waals surface area contributed by atoms with E-state index in [1.165, 1.54) is 30.2 Å². The molecule has 26 heavy (non-hydrogen) atoms. The van der Waals surface area contributed by atoms with Gasteiger partial charge in [-0.3, -0.25) is 14.9 Å². The fourth-order valence-corrected chi connectivity index (χ4v) is 2.88. The number of nitro benzene ring substituents is 1. The summed E-state index contributed by atoms with van der Waals surface area (Å²) >= 11 is 1.41. The maximum absolute atomic E-state index is 12.7. The highest BCUT2D eigenvalue weighted by Crippen LogP contribution is 2.26. The molecule has 0 bridgehead atoms. The Hall–Kier alpha value is -3.20. The number of carbonyl (C=O) groups is 1. The van der Waals surface area contributed by atoms with Crippen molar-refractivity contribution in [2.75, 3.05) is 11.6 Å². The Morgan fingerprint density at radius 3 is 2.81 bits per heavy atom. The maximum Gasteiger partial charge on any atom is 0.282 e. The number of aromatic nitrogens is 3. The third-order valence-corrected chi connectivity index (χ3v) is 4.43. The molecule has 0 fully saturated rings. The van der Waals surface area contributed by atoms with Crippen LogP contribution in [0, 0.1) is 10.1 Å². The van der Waals surface area contributed by atoms with Crippen molar-refractivity contribution >= 4 is 29.0 Å². The minimum Gasteiger partial charge on any atom is -0.321 e. The van der Waals surface area contributed by atoms with Crippen LogP contribution in [-0.4, -0.2) is 31.9 Å².